The zero-order valence-electron chi connectivity index (χ0n) is 10.6. The van der Waals surface area contributed by atoms with Crippen molar-refractivity contribution in [3.05, 3.63) is 30.3 Å². The van der Waals surface area contributed by atoms with Gasteiger partial charge in [0.1, 0.15) is 0 Å². The summed E-state index contributed by atoms with van der Waals surface area (Å²) in [6, 6.07) is 9.45. The normalized spacial score (nSPS) is 18.3. The van der Waals surface area contributed by atoms with Crippen molar-refractivity contribution in [2.24, 2.45) is 0 Å². The summed E-state index contributed by atoms with van der Waals surface area (Å²) < 4.78 is 5.21. The second-order valence-corrected chi connectivity index (χ2v) is 4.80. The average Bonchev–Trinajstić information content (AvgIpc) is 2.39. The Morgan fingerprint density at radius 1 is 1.33 bits per heavy atom. The smallest absolute Gasteiger partial charge is 0.229 e. The number of aliphatic hydroxyl groups is 1. The molecule has 4 nitrogen and oxygen atoms in total. The molecule has 1 aromatic carbocycles. The SMILES string of the molecule is CN(C(=O)CC1(O)CCOCC1)c1ccccc1. The fourth-order valence-electron chi connectivity index (χ4n) is 2.12. The summed E-state index contributed by atoms with van der Waals surface area (Å²) in [6.45, 7) is 1.05. The van der Waals surface area contributed by atoms with Crippen LogP contribution in [0.25, 0.3) is 0 Å². The summed E-state index contributed by atoms with van der Waals surface area (Å²) in [6.07, 6.45) is 1.21. The number of carbonyl (C=O) groups excluding carboxylic acids is 1. The number of rotatable bonds is 3. The van der Waals surface area contributed by atoms with Crippen LogP contribution in [0.3, 0.4) is 0 Å². The highest BCUT2D eigenvalue weighted by atomic mass is 16.5. The zero-order chi connectivity index (χ0) is 13.0. The molecule has 1 amide bonds. The number of carbonyl (C=O) groups is 1. The van der Waals surface area contributed by atoms with Gasteiger partial charge in [0.2, 0.25) is 5.91 Å². The molecule has 0 bridgehead atoms. The number of anilines is 1. The molecular formula is C14H19NO3. The van der Waals surface area contributed by atoms with E-state index in [1.807, 2.05) is 30.3 Å². The van der Waals surface area contributed by atoms with Crippen LogP contribution < -0.4 is 4.90 Å². The van der Waals surface area contributed by atoms with Crippen LogP contribution in [0.5, 0.6) is 0 Å². The zero-order valence-corrected chi connectivity index (χ0v) is 10.6. The lowest BCUT2D eigenvalue weighted by atomic mass is 9.90. The van der Waals surface area contributed by atoms with Gasteiger partial charge in [-0.25, -0.2) is 0 Å². The molecule has 0 aliphatic carbocycles. The van der Waals surface area contributed by atoms with Crippen LogP contribution in [0.2, 0.25) is 0 Å². The van der Waals surface area contributed by atoms with E-state index in [9.17, 15) is 9.90 Å². The highest BCUT2D eigenvalue weighted by molar-refractivity contribution is 5.93. The summed E-state index contributed by atoms with van der Waals surface area (Å²) in [7, 11) is 1.74. The molecule has 98 valence electrons. The van der Waals surface area contributed by atoms with Crippen molar-refractivity contribution in [2.75, 3.05) is 25.2 Å². The monoisotopic (exact) mass is 249 g/mol. The van der Waals surface area contributed by atoms with Crippen LogP contribution in [0, 0.1) is 0 Å². The maximum atomic E-state index is 12.1. The highest BCUT2D eigenvalue weighted by Gasteiger charge is 2.33. The lowest BCUT2D eigenvalue weighted by Crippen LogP contribution is -2.41. The largest absolute Gasteiger partial charge is 0.389 e. The van der Waals surface area contributed by atoms with Crippen LogP contribution in [0.4, 0.5) is 5.69 Å². The van der Waals surface area contributed by atoms with Crippen molar-refractivity contribution in [2.45, 2.75) is 24.9 Å². The molecular weight excluding hydrogens is 230 g/mol. The average molecular weight is 249 g/mol. The Morgan fingerprint density at radius 3 is 2.56 bits per heavy atom. The van der Waals surface area contributed by atoms with Crippen LogP contribution in [-0.2, 0) is 9.53 Å². The first-order valence-corrected chi connectivity index (χ1v) is 6.22. The number of ether oxygens (including phenoxy) is 1. The van der Waals surface area contributed by atoms with Crippen LogP contribution >= 0.6 is 0 Å². The molecule has 4 heteroatoms. The molecule has 2 rings (SSSR count). The van der Waals surface area contributed by atoms with E-state index in [4.69, 9.17) is 4.74 Å². The van der Waals surface area contributed by atoms with Gasteiger partial charge < -0.3 is 14.7 Å². The molecule has 0 spiro atoms. The number of hydrogen-bond donors (Lipinski definition) is 1. The Labute approximate surface area is 107 Å². The first-order valence-electron chi connectivity index (χ1n) is 6.22. The van der Waals surface area contributed by atoms with Gasteiger partial charge >= 0.3 is 0 Å². The van der Waals surface area contributed by atoms with Crippen molar-refractivity contribution >= 4 is 11.6 Å². The van der Waals surface area contributed by atoms with Gasteiger partial charge in [-0.1, -0.05) is 18.2 Å². The second-order valence-electron chi connectivity index (χ2n) is 4.80. The maximum absolute atomic E-state index is 12.1. The molecule has 0 saturated carbocycles. The van der Waals surface area contributed by atoms with E-state index in [-0.39, 0.29) is 12.3 Å². The van der Waals surface area contributed by atoms with E-state index >= 15 is 0 Å². The number of amides is 1. The molecule has 0 unspecified atom stereocenters. The molecule has 0 radical (unpaired) electrons. The molecule has 0 aromatic heterocycles. The Bertz CT molecular complexity index is 399. The number of benzene rings is 1. The Morgan fingerprint density at radius 2 is 1.94 bits per heavy atom. The summed E-state index contributed by atoms with van der Waals surface area (Å²) in [4.78, 5) is 13.7. The lowest BCUT2D eigenvalue weighted by molar-refractivity contribution is -0.128. The number of nitrogens with zero attached hydrogens (tertiary/aromatic N) is 1. The fraction of sp³-hybridized carbons (Fsp3) is 0.500. The summed E-state index contributed by atoms with van der Waals surface area (Å²) in [5.41, 5.74) is -0.0589. The third kappa shape index (κ3) is 3.09. The summed E-state index contributed by atoms with van der Waals surface area (Å²) in [5.74, 6) is -0.0643. The maximum Gasteiger partial charge on any atom is 0.229 e. The van der Waals surface area contributed by atoms with Gasteiger partial charge in [0.15, 0.2) is 0 Å². The fourth-order valence-corrected chi connectivity index (χ4v) is 2.12. The standard InChI is InChI=1S/C14H19NO3/c1-15(12-5-3-2-4-6-12)13(16)11-14(17)7-9-18-10-8-14/h2-6,17H,7-11H2,1H3. The Balaban J connectivity index is 1.99. The number of hydrogen-bond acceptors (Lipinski definition) is 3. The third-order valence-electron chi connectivity index (χ3n) is 3.42. The van der Waals surface area contributed by atoms with E-state index < -0.39 is 5.60 Å². The van der Waals surface area contributed by atoms with Crippen molar-refractivity contribution in [3.63, 3.8) is 0 Å². The Hall–Kier alpha value is -1.39. The van der Waals surface area contributed by atoms with Gasteiger partial charge in [-0.15, -0.1) is 0 Å². The van der Waals surface area contributed by atoms with Crippen molar-refractivity contribution in [1.82, 2.24) is 0 Å². The second kappa shape index (κ2) is 5.50. The Kier molecular flexibility index (Phi) is 3.99. The summed E-state index contributed by atoms with van der Waals surface area (Å²) in [5, 5.41) is 10.3. The van der Waals surface area contributed by atoms with Gasteiger partial charge in [-0.05, 0) is 12.1 Å². The van der Waals surface area contributed by atoms with E-state index in [0.29, 0.717) is 26.1 Å². The minimum Gasteiger partial charge on any atom is -0.389 e. The molecule has 1 heterocycles. The topological polar surface area (TPSA) is 49.8 Å². The predicted molar refractivity (Wildman–Crippen MR) is 69.5 cm³/mol. The van der Waals surface area contributed by atoms with Crippen LogP contribution in [-0.4, -0.2) is 36.9 Å². The van der Waals surface area contributed by atoms with Crippen LogP contribution in [0.15, 0.2) is 30.3 Å². The van der Waals surface area contributed by atoms with E-state index in [1.165, 1.54) is 0 Å². The van der Waals surface area contributed by atoms with Gasteiger partial charge in [0.25, 0.3) is 0 Å². The molecule has 1 aliphatic heterocycles. The molecule has 1 saturated heterocycles. The number of para-hydroxylation sites is 1. The molecule has 1 aliphatic rings. The molecule has 1 N–H and O–H groups in total. The minimum absolute atomic E-state index is 0.0643. The molecule has 1 aromatic rings. The van der Waals surface area contributed by atoms with Crippen molar-refractivity contribution < 1.29 is 14.6 Å². The minimum atomic E-state index is -0.904. The van der Waals surface area contributed by atoms with Crippen molar-refractivity contribution in [3.8, 4) is 0 Å². The van der Waals surface area contributed by atoms with Crippen LogP contribution in [0.1, 0.15) is 19.3 Å². The predicted octanol–water partition coefficient (Wildman–Crippen LogP) is 1.58. The van der Waals surface area contributed by atoms with E-state index in [1.54, 1.807) is 11.9 Å². The first kappa shape index (κ1) is 13.1. The van der Waals surface area contributed by atoms with Gasteiger partial charge in [0, 0.05) is 38.8 Å². The highest BCUT2D eigenvalue weighted by Crippen LogP contribution is 2.25. The van der Waals surface area contributed by atoms with Crippen molar-refractivity contribution in [1.29, 1.82) is 0 Å². The molecule has 0 atom stereocenters. The first-order chi connectivity index (χ1) is 8.61. The summed E-state index contributed by atoms with van der Waals surface area (Å²) >= 11 is 0. The van der Waals surface area contributed by atoms with E-state index in [2.05, 4.69) is 0 Å². The van der Waals surface area contributed by atoms with Gasteiger partial charge in [-0.3, -0.25) is 4.79 Å². The third-order valence-corrected chi connectivity index (χ3v) is 3.42. The van der Waals surface area contributed by atoms with Gasteiger partial charge in [0.05, 0.1) is 12.0 Å². The quantitative estimate of drug-likeness (QED) is 0.885. The van der Waals surface area contributed by atoms with E-state index in [0.717, 1.165) is 5.69 Å². The molecule has 18 heavy (non-hydrogen) atoms. The molecule has 1 fully saturated rings. The lowest BCUT2D eigenvalue weighted by Gasteiger charge is -2.32. The van der Waals surface area contributed by atoms with Gasteiger partial charge in [-0.2, -0.15) is 0 Å².